The largest absolute Gasteiger partial charge is 0.339 e. The molecule has 158 valence electrons. The van der Waals surface area contributed by atoms with E-state index in [4.69, 9.17) is 16.1 Å². The minimum Gasteiger partial charge on any atom is -0.339 e. The van der Waals surface area contributed by atoms with Crippen molar-refractivity contribution in [2.24, 2.45) is 0 Å². The van der Waals surface area contributed by atoms with E-state index in [-0.39, 0.29) is 5.92 Å². The predicted octanol–water partition coefficient (Wildman–Crippen LogP) is 5.08. The summed E-state index contributed by atoms with van der Waals surface area (Å²) in [7, 11) is -3.50. The first-order valence-electron chi connectivity index (χ1n) is 10.0. The molecule has 6 nitrogen and oxygen atoms in total. The standard InChI is InChI=1S/C22H24ClN3O3S/c1-15(2)16-5-9-20(10-6-16)30(27,28)26-13-11-18(12-14-26)22-24-21(25-29-22)17-3-7-19(23)8-4-17/h3-10,15,18H,11-14H2,1-2H3. The zero-order chi connectivity index (χ0) is 21.3. The summed E-state index contributed by atoms with van der Waals surface area (Å²) in [5, 5.41) is 4.72. The molecule has 0 saturated carbocycles. The van der Waals surface area contributed by atoms with Gasteiger partial charge in [0.05, 0.1) is 4.90 Å². The molecule has 2 aromatic carbocycles. The molecule has 0 spiro atoms. The summed E-state index contributed by atoms with van der Waals surface area (Å²) in [5.74, 6) is 1.48. The Balaban J connectivity index is 1.43. The van der Waals surface area contributed by atoms with Gasteiger partial charge >= 0.3 is 0 Å². The highest BCUT2D eigenvalue weighted by molar-refractivity contribution is 7.89. The number of nitrogens with zero attached hydrogens (tertiary/aromatic N) is 3. The Hall–Kier alpha value is -2.22. The van der Waals surface area contributed by atoms with Crippen LogP contribution in [0.1, 0.15) is 50.0 Å². The van der Waals surface area contributed by atoms with Crippen LogP contribution in [0, 0.1) is 0 Å². The van der Waals surface area contributed by atoms with Gasteiger partial charge in [0.15, 0.2) is 0 Å². The summed E-state index contributed by atoms with van der Waals surface area (Å²) >= 11 is 5.92. The highest BCUT2D eigenvalue weighted by atomic mass is 35.5. The van der Waals surface area contributed by atoms with E-state index < -0.39 is 10.0 Å². The van der Waals surface area contributed by atoms with Crippen LogP contribution in [0.2, 0.25) is 5.02 Å². The van der Waals surface area contributed by atoms with Crippen molar-refractivity contribution in [2.45, 2.75) is 43.4 Å². The quantitative estimate of drug-likeness (QED) is 0.547. The number of sulfonamides is 1. The van der Waals surface area contributed by atoms with Gasteiger partial charge in [-0.25, -0.2) is 8.42 Å². The van der Waals surface area contributed by atoms with Gasteiger partial charge in [0, 0.05) is 29.6 Å². The van der Waals surface area contributed by atoms with Gasteiger partial charge < -0.3 is 4.52 Å². The number of aromatic nitrogens is 2. The molecule has 0 amide bonds. The molecule has 0 bridgehead atoms. The Morgan fingerprint density at radius 2 is 1.67 bits per heavy atom. The Labute approximate surface area is 181 Å². The van der Waals surface area contributed by atoms with E-state index in [1.165, 1.54) is 0 Å². The maximum Gasteiger partial charge on any atom is 0.243 e. The van der Waals surface area contributed by atoms with E-state index in [1.807, 2.05) is 24.3 Å². The van der Waals surface area contributed by atoms with Crippen LogP contribution in [0.4, 0.5) is 0 Å². The van der Waals surface area contributed by atoms with E-state index in [0.717, 1.165) is 11.1 Å². The number of piperidine rings is 1. The summed E-state index contributed by atoms with van der Waals surface area (Å²) in [4.78, 5) is 4.86. The van der Waals surface area contributed by atoms with Gasteiger partial charge in [0.1, 0.15) is 0 Å². The van der Waals surface area contributed by atoms with Gasteiger partial charge in [0.25, 0.3) is 0 Å². The lowest BCUT2D eigenvalue weighted by Gasteiger charge is -2.29. The molecule has 1 saturated heterocycles. The van der Waals surface area contributed by atoms with Crippen LogP contribution < -0.4 is 0 Å². The normalized spacial score (nSPS) is 16.3. The van der Waals surface area contributed by atoms with E-state index >= 15 is 0 Å². The van der Waals surface area contributed by atoms with Crippen LogP contribution in [-0.2, 0) is 10.0 Å². The third kappa shape index (κ3) is 4.29. The van der Waals surface area contributed by atoms with Crippen LogP contribution in [0.5, 0.6) is 0 Å². The first-order chi connectivity index (χ1) is 14.3. The van der Waals surface area contributed by atoms with Crippen molar-refractivity contribution in [2.75, 3.05) is 13.1 Å². The number of benzene rings is 2. The Morgan fingerprint density at radius 3 is 2.27 bits per heavy atom. The predicted molar refractivity (Wildman–Crippen MR) is 116 cm³/mol. The number of hydrogen-bond donors (Lipinski definition) is 0. The molecule has 1 fully saturated rings. The van der Waals surface area contributed by atoms with Gasteiger partial charge in [-0.2, -0.15) is 9.29 Å². The summed E-state index contributed by atoms with van der Waals surface area (Å²) in [6.45, 7) is 5.03. The van der Waals surface area contributed by atoms with Crippen molar-refractivity contribution in [3.05, 3.63) is 65.0 Å². The average Bonchev–Trinajstić information content (AvgIpc) is 3.25. The van der Waals surface area contributed by atoms with Crippen LogP contribution in [0.25, 0.3) is 11.4 Å². The van der Waals surface area contributed by atoms with Gasteiger partial charge in [-0.1, -0.05) is 42.7 Å². The Kier molecular flexibility index (Phi) is 5.95. The van der Waals surface area contributed by atoms with Gasteiger partial charge in [-0.15, -0.1) is 0 Å². The second-order valence-corrected chi connectivity index (χ2v) is 10.2. The van der Waals surface area contributed by atoms with Crippen LogP contribution in [0.3, 0.4) is 0 Å². The van der Waals surface area contributed by atoms with E-state index in [2.05, 4.69) is 24.0 Å². The minimum atomic E-state index is -3.50. The molecular formula is C22H24ClN3O3S. The number of rotatable bonds is 5. The molecule has 0 aliphatic carbocycles. The molecule has 0 radical (unpaired) electrons. The molecule has 1 aliphatic rings. The summed E-state index contributed by atoms with van der Waals surface area (Å²) in [6, 6.07) is 14.4. The number of halogens is 1. The van der Waals surface area contributed by atoms with Crippen molar-refractivity contribution in [3.63, 3.8) is 0 Å². The first-order valence-corrected chi connectivity index (χ1v) is 11.9. The van der Waals surface area contributed by atoms with Crippen molar-refractivity contribution >= 4 is 21.6 Å². The fraction of sp³-hybridized carbons (Fsp3) is 0.364. The molecule has 0 N–H and O–H groups in total. The first kappa shape index (κ1) is 21.0. The molecule has 0 unspecified atom stereocenters. The minimum absolute atomic E-state index is 0.0494. The topological polar surface area (TPSA) is 76.3 Å². The highest BCUT2D eigenvalue weighted by Crippen LogP contribution is 2.31. The van der Waals surface area contributed by atoms with Gasteiger partial charge in [-0.3, -0.25) is 0 Å². The van der Waals surface area contributed by atoms with E-state index in [0.29, 0.717) is 53.5 Å². The number of hydrogen-bond acceptors (Lipinski definition) is 5. The monoisotopic (exact) mass is 445 g/mol. The lowest BCUT2D eigenvalue weighted by atomic mass is 9.98. The van der Waals surface area contributed by atoms with Crippen LogP contribution in [-0.4, -0.2) is 36.0 Å². The second kappa shape index (κ2) is 8.49. The van der Waals surface area contributed by atoms with E-state index in [1.54, 1.807) is 28.6 Å². The summed E-state index contributed by atoms with van der Waals surface area (Å²) < 4.78 is 33.0. The molecule has 8 heteroatoms. The lowest BCUT2D eigenvalue weighted by molar-refractivity contribution is 0.271. The smallest absolute Gasteiger partial charge is 0.243 e. The summed E-state index contributed by atoms with van der Waals surface area (Å²) in [6.07, 6.45) is 1.29. The lowest BCUT2D eigenvalue weighted by Crippen LogP contribution is -2.37. The van der Waals surface area contributed by atoms with Crippen LogP contribution in [0.15, 0.2) is 57.9 Å². The average molecular weight is 446 g/mol. The van der Waals surface area contributed by atoms with Crippen molar-refractivity contribution in [1.29, 1.82) is 0 Å². The molecule has 30 heavy (non-hydrogen) atoms. The second-order valence-electron chi connectivity index (χ2n) is 7.87. The molecular weight excluding hydrogens is 422 g/mol. The zero-order valence-electron chi connectivity index (χ0n) is 17.0. The zero-order valence-corrected chi connectivity index (χ0v) is 18.5. The molecule has 1 aromatic heterocycles. The maximum absolute atomic E-state index is 13.0. The fourth-order valence-electron chi connectivity index (χ4n) is 3.63. The highest BCUT2D eigenvalue weighted by Gasteiger charge is 2.32. The van der Waals surface area contributed by atoms with Crippen LogP contribution >= 0.6 is 11.6 Å². The third-order valence-corrected chi connectivity index (χ3v) is 7.70. The van der Waals surface area contributed by atoms with E-state index in [9.17, 15) is 8.42 Å². The maximum atomic E-state index is 13.0. The molecule has 1 aliphatic heterocycles. The van der Waals surface area contributed by atoms with Gasteiger partial charge in [-0.05, 0) is 60.7 Å². The summed E-state index contributed by atoms with van der Waals surface area (Å²) in [5.41, 5.74) is 1.96. The molecule has 0 atom stereocenters. The third-order valence-electron chi connectivity index (χ3n) is 5.53. The van der Waals surface area contributed by atoms with Crippen molar-refractivity contribution < 1.29 is 12.9 Å². The molecule has 3 aromatic rings. The van der Waals surface area contributed by atoms with Crippen molar-refractivity contribution in [1.82, 2.24) is 14.4 Å². The Morgan fingerprint density at radius 1 is 1.03 bits per heavy atom. The van der Waals surface area contributed by atoms with Crippen molar-refractivity contribution in [3.8, 4) is 11.4 Å². The van der Waals surface area contributed by atoms with Gasteiger partial charge in [0.2, 0.25) is 21.7 Å². The SMILES string of the molecule is CC(C)c1ccc(S(=O)(=O)N2CCC(c3nc(-c4ccc(Cl)cc4)no3)CC2)cc1. The fourth-order valence-corrected chi connectivity index (χ4v) is 5.23. The molecule has 4 rings (SSSR count). The Bertz CT molecular complexity index is 1100. The molecule has 2 heterocycles.